The fourth-order valence-corrected chi connectivity index (χ4v) is 4.61. The Kier molecular flexibility index (Phi) is 10.6. The fraction of sp³-hybridized carbons (Fsp3) is 0.387. The summed E-state index contributed by atoms with van der Waals surface area (Å²) in [5, 5.41) is 13.5. The molecule has 0 aliphatic carbocycles. The zero-order chi connectivity index (χ0) is 32.1. The number of nitrogens with zero attached hydrogens (tertiary/aromatic N) is 2. The van der Waals surface area contributed by atoms with Crippen LogP contribution in [0.1, 0.15) is 69.6 Å². The van der Waals surface area contributed by atoms with E-state index in [0.29, 0.717) is 0 Å². The van der Waals surface area contributed by atoms with Gasteiger partial charge < -0.3 is 9.84 Å². The minimum absolute atomic E-state index is 0.0355. The molecule has 230 valence electrons. The number of carboxylic acids is 1. The van der Waals surface area contributed by atoms with Crippen LogP contribution < -0.4 is 10.3 Å². The second-order valence-electron chi connectivity index (χ2n) is 11.2. The molecule has 43 heavy (non-hydrogen) atoms. The number of halogens is 4. The molecule has 0 amide bonds. The largest absolute Gasteiger partial charge is 0.481 e. The molecule has 2 aromatic carbocycles. The van der Waals surface area contributed by atoms with Gasteiger partial charge in [0.1, 0.15) is 12.4 Å². The maximum Gasteiger partial charge on any atom is 0.304 e. The second kappa shape index (κ2) is 13.7. The van der Waals surface area contributed by atoms with Gasteiger partial charge in [0.2, 0.25) is 11.6 Å². The van der Waals surface area contributed by atoms with Gasteiger partial charge in [0.25, 0.3) is 5.56 Å². The number of Topliss-reactive ketones (excluding diaryl/α,β-unsaturated/α-hetero) is 2. The van der Waals surface area contributed by atoms with Gasteiger partial charge in [-0.1, -0.05) is 52.0 Å². The highest BCUT2D eigenvalue weighted by Crippen LogP contribution is 2.28. The Balaban J connectivity index is 1.82. The Bertz CT molecular complexity index is 1560. The number of aliphatic carboxylic acids is 1. The molecule has 0 saturated carbocycles. The van der Waals surface area contributed by atoms with Crippen LogP contribution in [0.4, 0.5) is 17.6 Å². The monoisotopic (exact) mass is 604 g/mol. The fourth-order valence-electron chi connectivity index (χ4n) is 4.61. The third kappa shape index (κ3) is 8.14. The van der Waals surface area contributed by atoms with Crippen molar-refractivity contribution in [1.82, 2.24) is 9.78 Å². The average Bonchev–Trinajstić information content (AvgIpc) is 2.93. The summed E-state index contributed by atoms with van der Waals surface area (Å²) in [5.41, 5.74) is 1.32. The van der Waals surface area contributed by atoms with Gasteiger partial charge in [-0.05, 0) is 29.0 Å². The van der Waals surface area contributed by atoms with Crippen molar-refractivity contribution >= 4 is 17.5 Å². The van der Waals surface area contributed by atoms with E-state index in [-0.39, 0.29) is 30.0 Å². The zero-order valence-electron chi connectivity index (χ0n) is 24.1. The van der Waals surface area contributed by atoms with E-state index in [1.165, 1.54) is 16.9 Å². The first-order chi connectivity index (χ1) is 20.1. The molecule has 0 fully saturated rings. The summed E-state index contributed by atoms with van der Waals surface area (Å²) in [6.07, 6.45) is 0.0404. The molecule has 1 N–H and O–H groups in total. The number of benzene rings is 2. The van der Waals surface area contributed by atoms with Gasteiger partial charge in [0.15, 0.2) is 23.2 Å². The molecule has 0 unspecified atom stereocenters. The first-order valence-corrected chi connectivity index (χ1v) is 13.5. The normalized spacial score (nSPS) is 12.9. The summed E-state index contributed by atoms with van der Waals surface area (Å²) in [5.74, 6) is -14.4. The van der Waals surface area contributed by atoms with Crippen molar-refractivity contribution in [3.05, 3.63) is 92.9 Å². The highest BCUT2D eigenvalue weighted by atomic mass is 19.2. The average molecular weight is 605 g/mol. The van der Waals surface area contributed by atoms with E-state index in [0.717, 1.165) is 11.1 Å². The summed E-state index contributed by atoms with van der Waals surface area (Å²) in [6, 6.07) is 9.01. The Hall–Kier alpha value is -4.35. The quantitative estimate of drug-likeness (QED) is 0.207. The summed E-state index contributed by atoms with van der Waals surface area (Å²) < 4.78 is 60.7. The van der Waals surface area contributed by atoms with Crippen LogP contribution in [0.5, 0.6) is 5.75 Å². The van der Waals surface area contributed by atoms with Gasteiger partial charge in [-0.3, -0.25) is 19.2 Å². The van der Waals surface area contributed by atoms with E-state index in [2.05, 4.69) is 30.6 Å². The standard InChI is InChI=1S/C31H32F4N2O6/c1-5-20(21-9-10-36-37(30(21)42)15-17-7-6-8-19(11-17)31(2,3)4)24(38)12-18(13-26(40)41)25(39)16-43-29-27(34)22(32)14-23(33)28(29)35/h6-11,14,18,20H,5,12-13,15-16H2,1-4H3,(H,40,41)/t18-,20+/m0/s1. The lowest BCUT2D eigenvalue weighted by molar-refractivity contribution is -0.141. The van der Waals surface area contributed by atoms with E-state index < -0.39 is 83.4 Å². The van der Waals surface area contributed by atoms with E-state index in [4.69, 9.17) is 0 Å². The number of carboxylic acid groups (broad SMARTS) is 1. The molecule has 3 rings (SSSR count). The molecule has 0 bridgehead atoms. The van der Waals surface area contributed by atoms with Crippen molar-refractivity contribution in [2.75, 3.05) is 6.61 Å². The number of ketones is 2. The smallest absolute Gasteiger partial charge is 0.304 e. The Labute approximate surface area is 245 Å². The van der Waals surface area contributed by atoms with Gasteiger partial charge in [0, 0.05) is 36.1 Å². The molecule has 0 aliphatic rings. The zero-order valence-corrected chi connectivity index (χ0v) is 24.1. The van der Waals surface area contributed by atoms with Crippen molar-refractivity contribution in [3.63, 3.8) is 0 Å². The van der Waals surface area contributed by atoms with Gasteiger partial charge in [-0.25, -0.2) is 13.5 Å². The SMILES string of the molecule is CC[C@@H](C(=O)C[C@@H](CC(=O)O)C(=O)COc1c(F)c(F)cc(F)c1F)c1ccnn(Cc2cccc(C(C)(C)C)c2)c1=O. The molecular formula is C31H32F4N2O6. The molecule has 12 heteroatoms. The molecule has 1 heterocycles. The number of hydrogen-bond donors (Lipinski definition) is 1. The van der Waals surface area contributed by atoms with Gasteiger partial charge in [-0.2, -0.15) is 13.9 Å². The molecule has 1 aromatic heterocycles. The lowest BCUT2D eigenvalue weighted by Gasteiger charge is -2.20. The first-order valence-electron chi connectivity index (χ1n) is 13.5. The van der Waals surface area contributed by atoms with Crippen molar-refractivity contribution in [2.24, 2.45) is 5.92 Å². The van der Waals surface area contributed by atoms with E-state index in [1.807, 2.05) is 24.3 Å². The minimum Gasteiger partial charge on any atom is -0.481 e. The van der Waals surface area contributed by atoms with Crippen LogP contribution in [-0.4, -0.2) is 39.0 Å². The molecule has 0 spiro atoms. The van der Waals surface area contributed by atoms with E-state index >= 15 is 0 Å². The topological polar surface area (TPSA) is 116 Å². The van der Waals surface area contributed by atoms with Crippen LogP contribution in [0.2, 0.25) is 0 Å². The predicted molar refractivity (Wildman–Crippen MR) is 148 cm³/mol. The van der Waals surface area contributed by atoms with Crippen molar-refractivity contribution in [1.29, 1.82) is 0 Å². The summed E-state index contributed by atoms with van der Waals surface area (Å²) >= 11 is 0. The predicted octanol–water partition coefficient (Wildman–Crippen LogP) is 5.34. The number of aromatic nitrogens is 2. The van der Waals surface area contributed by atoms with Crippen molar-refractivity contribution < 1.29 is 41.8 Å². The maximum absolute atomic E-state index is 13.9. The van der Waals surface area contributed by atoms with Crippen LogP contribution >= 0.6 is 0 Å². The number of carbonyl (C=O) groups is 3. The third-order valence-corrected chi connectivity index (χ3v) is 6.99. The van der Waals surface area contributed by atoms with Crippen LogP contribution in [0.25, 0.3) is 0 Å². The summed E-state index contributed by atoms with van der Waals surface area (Å²) in [7, 11) is 0. The van der Waals surface area contributed by atoms with E-state index in [1.54, 1.807) is 6.92 Å². The maximum atomic E-state index is 13.9. The highest BCUT2D eigenvalue weighted by Gasteiger charge is 2.31. The third-order valence-electron chi connectivity index (χ3n) is 6.99. The second-order valence-corrected chi connectivity index (χ2v) is 11.2. The molecular weight excluding hydrogens is 572 g/mol. The minimum atomic E-state index is -1.87. The van der Waals surface area contributed by atoms with Crippen LogP contribution in [0.3, 0.4) is 0 Å². The summed E-state index contributed by atoms with van der Waals surface area (Å²) in [4.78, 5) is 51.0. The van der Waals surface area contributed by atoms with Crippen molar-refractivity contribution in [2.45, 2.75) is 64.8 Å². The first kappa shape index (κ1) is 33.2. The molecule has 8 nitrogen and oxygen atoms in total. The van der Waals surface area contributed by atoms with Crippen LogP contribution in [0, 0.1) is 29.2 Å². The Morgan fingerprint density at radius 2 is 1.63 bits per heavy atom. The lowest BCUT2D eigenvalue weighted by Crippen LogP contribution is -2.32. The molecule has 0 saturated heterocycles. The number of hydrogen-bond acceptors (Lipinski definition) is 6. The number of rotatable bonds is 13. The summed E-state index contributed by atoms with van der Waals surface area (Å²) in [6.45, 7) is 6.78. The molecule has 0 aliphatic heterocycles. The van der Waals surface area contributed by atoms with Crippen LogP contribution in [0.15, 0.2) is 47.4 Å². The highest BCUT2D eigenvalue weighted by molar-refractivity contribution is 5.93. The number of ether oxygens (including phenoxy) is 1. The van der Waals surface area contributed by atoms with Gasteiger partial charge in [-0.15, -0.1) is 0 Å². The van der Waals surface area contributed by atoms with Gasteiger partial charge in [0.05, 0.1) is 13.0 Å². The number of carbonyl (C=O) groups excluding carboxylic acids is 2. The molecule has 3 aromatic rings. The van der Waals surface area contributed by atoms with Crippen molar-refractivity contribution in [3.8, 4) is 5.75 Å². The molecule has 2 atom stereocenters. The molecule has 0 radical (unpaired) electrons. The Morgan fingerprint density at radius 1 is 0.977 bits per heavy atom. The van der Waals surface area contributed by atoms with Gasteiger partial charge >= 0.3 is 5.97 Å². The lowest BCUT2D eigenvalue weighted by atomic mass is 9.85. The van der Waals surface area contributed by atoms with E-state index in [9.17, 15) is 41.8 Å². The van der Waals surface area contributed by atoms with Crippen LogP contribution in [-0.2, 0) is 26.3 Å². The Morgan fingerprint density at radius 3 is 2.21 bits per heavy atom.